The molecule has 0 aliphatic heterocycles. The highest BCUT2D eigenvalue weighted by molar-refractivity contribution is 6.30. The number of halogens is 1. The van der Waals surface area contributed by atoms with E-state index in [1.54, 1.807) is 24.7 Å². The number of rotatable bonds is 4. The van der Waals surface area contributed by atoms with Gasteiger partial charge in [-0.2, -0.15) is 0 Å². The van der Waals surface area contributed by atoms with E-state index >= 15 is 0 Å². The molecule has 0 fully saturated rings. The predicted octanol–water partition coefficient (Wildman–Crippen LogP) is 3.29. The van der Waals surface area contributed by atoms with Crippen LogP contribution in [0.1, 0.15) is 37.6 Å². The Balaban J connectivity index is 1.98. The minimum absolute atomic E-state index is 0.0361. The van der Waals surface area contributed by atoms with E-state index in [1.807, 2.05) is 12.1 Å². The van der Waals surface area contributed by atoms with Crippen molar-refractivity contribution in [1.29, 1.82) is 0 Å². The van der Waals surface area contributed by atoms with E-state index < -0.39 is 0 Å². The molecule has 1 N–H and O–H groups in total. The van der Waals surface area contributed by atoms with Crippen LogP contribution in [0.4, 0.5) is 0 Å². The molecule has 1 heterocycles. The normalized spacial score (nSPS) is 11.3. The van der Waals surface area contributed by atoms with Crippen LogP contribution in [0.2, 0.25) is 5.02 Å². The second kappa shape index (κ2) is 6.88. The predicted molar refractivity (Wildman–Crippen MR) is 87.7 cm³/mol. The van der Waals surface area contributed by atoms with Gasteiger partial charge in [0.15, 0.2) is 0 Å². The average molecular weight is 318 g/mol. The highest BCUT2D eigenvalue weighted by Crippen LogP contribution is 2.22. The van der Waals surface area contributed by atoms with Gasteiger partial charge in [0, 0.05) is 28.7 Å². The summed E-state index contributed by atoms with van der Waals surface area (Å²) in [5.41, 5.74) is 2.75. The van der Waals surface area contributed by atoms with E-state index in [9.17, 15) is 4.79 Å². The maximum absolute atomic E-state index is 12.0. The van der Waals surface area contributed by atoms with Crippen molar-refractivity contribution in [2.75, 3.05) is 0 Å². The van der Waals surface area contributed by atoms with Crippen molar-refractivity contribution in [2.24, 2.45) is 0 Å². The van der Waals surface area contributed by atoms with Crippen LogP contribution in [0.3, 0.4) is 0 Å². The first-order valence-corrected chi connectivity index (χ1v) is 7.54. The van der Waals surface area contributed by atoms with Crippen molar-refractivity contribution < 1.29 is 4.79 Å². The maximum atomic E-state index is 12.0. The van der Waals surface area contributed by atoms with Gasteiger partial charge in [0.25, 0.3) is 0 Å². The summed E-state index contributed by atoms with van der Waals surface area (Å²) < 4.78 is 0. The Hall–Kier alpha value is -1.94. The molecule has 116 valence electrons. The first kappa shape index (κ1) is 16.4. The van der Waals surface area contributed by atoms with E-state index in [1.165, 1.54) is 0 Å². The van der Waals surface area contributed by atoms with Crippen LogP contribution in [0.15, 0.2) is 36.8 Å². The van der Waals surface area contributed by atoms with Gasteiger partial charge in [0.2, 0.25) is 5.91 Å². The minimum atomic E-state index is -0.0841. The zero-order chi connectivity index (χ0) is 16.2. The molecule has 1 aromatic heterocycles. The highest BCUT2D eigenvalue weighted by Gasteiger charge is 2.19. The molecule has 5 heteroatoms. The molecule has 4 nitrogen and oxygen atoms in total. The summed E-state index contributed by atoms with van der Waals surface area (Å²) in [6.45, 7) is 6.71. The number of carbonyl (C=O) groups is 1. The lowest BCUT2D eigenvalue weighted by atomic mass is 9.89. The molecular weight excluding hydrogens is 298 g/mol. The molecule has 0 atom stereocenters. The van der Waals surface area contributed by atoms with Crippen LogP contribution in [0.5, 0.6) is 0 Å². The van der Waals surface area contributed by atoms with Gasteiger partial charge in [-0.1, -0.05) is 44.5 Å². The van der Waals surface area contributed by atoms with E-state index in [2.05, 4.69) is 36.1 Å². The standard InChI is InChI=1S/C17H20ClN3O/c1-17(2,3)16-13(9-19-11-21-16)10-20-15(22)8-12-4-6-14(18)7-5-12/h4-7,9,11H,8,10H2,1-3H3,(H,20,22). The second-order valence-electron chi connectivity index (χ2n) is 6.23. The molecule has 0 unspecified atom stereocenters. The summed E-state index contributed by atoms with van der Waals surface area (Å²) in [6, 6.07) is 7.28. The number of nitrogens with one attached hydrogen (secondary N) is 1. The van der Waals surface area contributed by atoms with Gasteiger partial charge in [-0.3, -0.25) is 4.79 Å². The lowest BCUT2D eigenvalue weighted by Gasteiger charge is -2.21. The fourth-order valence-electron chi connectivity index (χ4n) is 2.21. The van der Waals surface area contributed by atoms with Crippen LogP contribution in [-0.4, -0.2) is 15.9 Å². The summed E-state index contributed by atoms with van der Waals surface area (Å²) in [5, 5.41) is 3.59. The third-order valence-electron chi connectivity index (χ3n) is 3.25. The van der Waals surface area contributed by atoms with Gasteiger partial charge < -0.3 is 5.32 Å². The molecular formula is C17H20ClN3O. The summed E-state index contributed by atoms with van der Waals surface area (Å²) in [7, 11) is 0. The van der Waals surface area contributed by atoms with Gasteiger partial charge in [-0.05, 0) is 17.7 Å². The van der Waals surface area contributed by atoms with Crippen LogP contribution in [0, 0.1) is 0 Å². The fourth-order valence-corrected chi connectivity index (χ4v) is 2.33. The van der Waals surface area contributed by atoms with E-state index in [0.717, 1.165) is 16.8 Å². The van der Waals surface area contributed by atoms with Crippen LogP contribution < -0.4 is 5.32 Å². The number of amides is 1. The number of aromatic nitrogens is 2. The van der Waals surface area contributed by atoms with E-state index in [-0.39, 0.29) is 11.3 Å². The van der Waals surface area contributed by atoms with Crippen LogP contribution >= 0.6 is 11.6 Å². The van der Waals surface area contributed by atoms with E-state index in [4.69, 9.17) is 11.6 Å². The van der Waals surface area contributed by atoms with E-state index in [0.29, 0.717) is 18.0 Å². The van der Waals surface area contributed by atoms with Gasteiger partial charge >= 0.3 is 0 Å². The van der Waals surface area contributed by atoms with Gasteiger partial charge in [-0.15, -0.1) is 0 Å². The molecule has 22 heavy (non-hydrogen) atoms. The summed E-state index contributed by atoms with van der Waals surface area (Å²) in [6.07, 6.45) is 3.63. The zero-order valence-corrected chi connectivity index (χ0v) is 13.8. The molecule has 2 rings (SSSR count). The Kier molecular flexibility index (Phi) is 5.14. The molecule has 0 saturated carbocycles. The smallest absolute Gasteiger partial charge is 0.224 e. The zero-order valence-electron chi connectivity index (χ0n) is 13.1. The number of hydrogen-bond acceptors (Lipinski definition) is 3. The molecule has 2 aromatic rings. The number of hydrogen-bond donors (Lipinski definition) is 1. The first-order valence-electron chi connectivity index (χ1n) is 7.17. The van der Waals surface area contributed by atoms with Crippen molar-refractivity contribution in [3.05, 3.63) is 58.6 Å². The van der Waals surface area contributed by atoms with Crippen LogP contribution in [0.25, 0.3) is 0 Å². The van der Waals surface area contributed by atoms with Crippen molar-refractivity contribution in [3.8, 4) is 0 Å². The number of carbonyl (C=O) groups excluding carboxylic acids is 1. The van der Waals surface area contributed by atoms with Crippen molar-refractivity contribution in [1.82, 2.24) is 15.3 Å². The van der Waals surface area contributed by atoms with Gasteiger partial charge in [0.1, 0.15) is 6.33 Å². The quantitative estimate of drug-likeness (QED) is 0.941. The van der Waals surface area contributed by atoms with Gasteiger partial charge in [-0.25, -0.2) is 9.97 Å². The molecule has 0 saturated heterocycles. The van der Waals surface area contributed by atoms with Crippen molar-refractivity contribution in [2.45, 2.75) is 39.2 Å². The molecule has 0 aliphatic carbocycles. The Morgan fingerprint density at radius 2 is 1.91 bits per heavy atom. The Bertz CT molecular complexity index is 648. The fraction of sp³-hybridized carbons (Fsp3) is 0.353. The molecule has 0 bridgehead atoms. The minimum Gasteiger partial charge on any atom is -0.352 e. The third kappa shape index (κ3) is 4.53. The number of nitrogens with zero attached hydrogens (tertiary/aromatic N) is 2. The molecule has 1 aromatic carbocycles. The van der Waals surface area contributed by atoms with Crippen molar-refractivity contribution >= 4 is 17.5 Å². The average Bonchev–Trinajstić information content (AvgIpc) is 2.47. The Labute approximate surface area is 135 Å². The molecule has 0 spiro atoms. The van der Waals surface area contributed by atoms with Crippen molar-refractivity contribution in [3.63, 3.8) is 0 Å². The number of benzene rings is 1. The molecule has 0 aliphatic rings. The molecule has 1 amide bonds. The third-order valence-corrected chi connectivity index (χ3v) is 3.50. The second-order valence-corrected chi connectivity index (χ2v) is 6.66. The monoisotopic (exact) mass is 317 g/mol. The van der Waals surface area contributed by atoms with Crippen LogP contribution in [-0.2, 0) is 23.2 Å². The maximum Gasteiger partial charge on any atom is 0.224 e. The summed E-state index contributed by atoms with van der Waals surface area (Å²) >= 11 is 5.84. The molecule has 0 radical (unpaired) electrons. The lowest BCUT2D eigenvalue weighted by molar-refractivity contribution is -0.120. The SMILES string of the molecule is CC(C)(C)c1ncncc1CNC(=O)Cc1ccc(Cl)cc1. The summed E-state index contributed by atoms with van der Waals surface area (Å²) in [4.78, 5) is 20.4. The first-order chi connectivity index (χ1) is 10.4. The highest BCUT2D eigenvalue weighted by atomic mass is 35.5. The Morgan fingerprint density at radius 1 is 1.23 bits per heavy atom. The Morgan fingerprint density at radius 3 is 2.55 bits per heavy atom. The lowest BCUT2D eigenvalue weighted by Crippen LogP contribution is -2.27. The van der Waals surface area contributed by atoms with Gasteiger partial charge in [0.05, 0.1) is 12.1 Å². The topological polar surface area (TPSA) is 54.9 Å². The summed E-state index contributed by atoms with van der Waals surface area (Å²) in [5.74, 6) is -0.0361. The largest absolute Gasteiger partial charge is 0.352 e.